The van der Waals surface area contributed by atoms with Gasteiger partial charge in [-0.05, 0) is 18.1 Å². The molecular weight excluding hydrogens is 302 g/mol. The number of rotatable bonds is 4. The molecule has 0 fully saturated rings. The molecular formula is C17H19N7. The summed E-state index contributed by atoms with van der Waals surface area (Å²) in [6, 6.07) is 6.03. The van der Waals surface area contributed by atoms with Gasteiger partial charge in [0.2, 0.25) is 0 Å². The van der Waals surface area contributed by atoms with Crippen molar-refractivity contribution in [3.8, 4) is 11.3 Å². The molecule has 1 aromatic carbocycles. The molecule has 7 nitrogen and oxygen atoms in total. The number of nitrogens with one attached hydrogen (secondary N) is 2. The van der Waals surface area contributed by atoms with Crippen LogP contribution in [0.3, 0.4) is 0 Å². The molecule has 3 heterocycles. The minimum atomic E-state index is 0.513. The van der Waals surface area contributed by atoms with Crippen LogP contribution >= 0.6 is 0 Å². The molecule has 0 amide bonds. The zero-order valence-corrected chi connectivity index (χ0v) is 13.6. The van der Waals surface area contributed by atoms with Crippen molar-refractivity contribution in [1.82, 2.24) is 24.6 Å². The number of benzene rings is 1. The van der Waals surface area contributed by atoms with Crippen molar-refractivity contribution in [2.75, 3.05) is 17.6 Å². The Bertz CT molecular complexity index is 1010. The predicted octanol–water partition coefficient (Wildman–Crippen LogP) is 2.92. The number of hydrogen-bond acceptors (Lipinski definition) is 5. The molecule has 4 rings (SSSR count). The summed E-state index contributed by atoms with van der Waals surface area (Å²) in [6.07, 6.45) is 5.57. The SMILES string of the molecule is CC(C)CNc1nccn2c(-c3ccc4c(N)n[nH]c4c3)cnc12. The van der Waals surface area contributed by atoms with E-state index >= 15 is 0 Å². The highest BCUT2D eigenvalue weighted by molar-refractivity contribution is 5.91. The topological polar surface area (TPSA) is 96.9 Å². The summed E-state index contributed by atoms with van der Waals surface area (Å²) in [6.45, 7) is 5.18. The second-order valence-corrected chi connectivity index (χ2v) is 6.26. The van der Waals surface area contributed by atoms with Gasteiger partial charge in [0.1, 0.15) is 0 Å². The number of nitrogen functional groups attached to an aromatic ring is 1. The van der Waals surface area contributed by atoms with Crippen molar-refractivity contribution in [3.63, 3.8) is 0 Å². The average Bonchev–Trinajstić information content (AvgIpc) is 3.17. The van der Waals surface area contributed by atoms with Gasteiger partial charge in [-0.25, -0.2) is 9.97 Å². The lowest BCUT2D eigenvalue weighted by molar-refractivity contribution is 0.687. The van der Waals surface area contributed by atoms with Gasteiger partial charge in [0.15, 0.2) is 17.3 Å². The predicted molar refractivity (Wildman–Crippen MR) is 95.8 cm³/mol. The van der Waals surface area contributed by atoms with Crippen molar-refractivity contribution >= 4 is 28.2 Å². The molecule has 0 saturated heterocycles. The van der Waals surface area contributed by atoms with Gasteiger partial charge < -0.3 is 11.1 Å². The molecule has 24 heavy (non-hydrogen) atoms. The Morgan fingerprint density at radius 2 is 2.17 bits per heavy atom. The molecule has 0 aliphatic rings. The van der Waals surface area contributed by atoms with E-state index in [1.54, 1.807) is 6.20 Å². The van der Waals surface area contributed by atoms with Gasteiger partial charge >= 0.3 is 0 Å². The third kappa shape index (κ3) is 2.34. The molecule has 3 aromatic heterocycles. The number of nitrogens with two attached hydrogens (primary N) is 1. The Balaban J connectivity index is 1.80. The maximum atomic E-state index is 5.84. The number of hydrogen-bond donors (Lipinski definition) is 3. The van der Waals surface area contributed by atoms with Crippen LogP contribution in [0, 0.1) is 5.92 Å². The first-order chi connectivity index (χ1) is 11.6. The van der Waals surface area contributed by atoms with E-state index in [4.69, 9.17) is 5.73 Å². The lowest BCUT2D eigenvalue weighted by Gasteiger charge is -2.09. The maximum absolute atomic E-state index is 5.84. The van der Waals surface area contributed by atoms with Gasteiger partial charge in [0.05, 0.1) is 17.4 Å². The molecule has 0 spiro atoms. The van der Waals surface area contributed by atoms with Crippen LogP contribution in [0.5, 0.6) is 0 Å². The second kappa shape index (κ2) is 5.52. The molecule has 0 unspecified atom stereocenters. The molecule has 4 aromatic rings. The number of aromatic nitrogens is 5. The van der Waals surface area contributed by atoms with E-state index in [0.717, 1.165) is 40.2 Å². The molecule has 0 aliphatic carbocycles. The zero-order chi connectivity index (χ0) is 16.7. The van der Waals surface area contributed by atoms with Gasteiger partial charge in [-0.1, -0.05) is 19.9 Å². The minimum absolute atomic E-state index is 0.513. The Kier molecular flexibility index (Phi) is 3.34. The summed E-state index contributed by atoms with van der Waals surface area (Å²) in [5.74, 6) is 1.85. The maximum Gasteiger partial charge on any atom is 0.180 e. The largest absolute Gasteiger partial charge is 0.382 e. The first-order valence-corrected chi connectivity index (χ1v) is 7.93. The molecule has 4 N–H and O–H groups in total. The fraction of sp³-hybridized carbons (Fsp3) is 0.235. The Hall–Kier alpha value is -3.09. The third-order valence-electron chi connectivity index (χ3n) is 3.99. The zero-order valence-electron chi connectivity index (χ0n) is 13.6. The fourth-order valence-corrected chi connectivity index (χ4v) is 2.76. The summed E-state index contributed by atoms with van der Waals surface area (Å²) in [5.41, 5.74) is 9.60. The monoisotopic (exact) mass is 321 g/mol. The van der Waals surface area contributed by atoms with E-state index in [2.05, 4.69) is 39.3 Å². The summed E-state index contributed by atoms with van der Waals surface area (Å²) < 4.78 is 2.04. The summed E-state index contributed by atoms with van der Waals surface area (Å²) in [7, 11) is 0. The van der Waals surface area contributed by atoms with Gasteiger partial charge in [0.25, 0.3) is 0 Å². The number of fused-ring (bicyclic) bond motifs is 2. The summed E-state index contributed by atoms with van der Waals surface area (Å²) in [5, 5.41) is 11.3. The Labute approximate surface area is 138 Å². The van der Waals surface area contributed by atoms with Crippen molar-refractivity contribution < 1.29 is 0 Å². The highest BCUT2D eigenvalue weighted by atomic mass is 15.2. The third-order valence-corrected chi connectivity index (χ3v) is 3.99. The van der Waals surface area contributed by atoms with Crippen molar-refractivity contribution in [2.45, 2.75) is 13.8 Å². The number of imidazole rings is 1. The first kappa shape index (κ1) is 14.5. The smallest absolute Gasteiger partial charge is 0.180 e. The molecule has 0 saturated carbocycles. The van der Waals surface area contributed by atoms with Crippen LogP contribution in [0.1, 0.15) is 13.8 Å². The molecule has 0 aliphatic heterocycles. The molecule has 122 valence electrons. The lowest BCUT2D eigenvalue weighted by Crippen LogP contribution is -2.10. The quantitative estimate of drug-likeness (QED) is 0.537. The van der Waals surface area contributed by atoms with Gasteiger partial charge in [0, 0.05) is 29.9 Å². The standard InChI is InChI=1S/C17H19N7/c1-10(2)8-20-16-17-21-9-14(24(17)6-5-19-16)11-3-4-12-13(7-11)22-23-15(12)18/h3-7,9-10H,8H2,1-2H3,(H,19,20)(H3,18,22,23). The molecule has 0 atom stereocenters. The molecule has 0 bridgehead atoms. The van der Waals surface area contributed by atoms with Crippen LogP contribution in [-0.4, -0.2) is 31.1 Å². The minimum Gasteiger partial charge on any atom is -0.382 e. The average molecular weight is 321 g/mol. The van der Waals surface area contributed by atoms with Crippen LogP contribution in [-0.2, 0) is 0 Å². The van der Waals surface area contributed by atoms with Crippen LogP contribution in [0.4, 0.5) is 11.6 Å². The van der Waals surface area contributed by atoms with E-state index in [9.17, 15) is 0 Å². The van der Waals surface area contributed by atoms with Crippen molar-refractivity contribution in [1.29, 1.82) is 0 Å². The van der Waals surface area contributed by atoms with E-state index in [1.807, 2.05) is 35.0 Å². The number of anilines is 2. The normalized spacial score (nSPS) is 11.6. The molecule has 7 heteroatoms. The lowest BCUT2D eigenvalue weighted by atomic mass is 10.1. The van der Waals surface area contributed by atoms with Crippen molar-refractivity contribution in [3.05, 3.63) is 36.8 Å². The second-order valence-electron chi connectivity index (χ2n) is 6.26. The van der Waals surface area contributed by atoms with E-state index < -0.39 is 0 Å². The summed E-state index contributed by atoms with van der Waals surface area (Å²) >= 11 is 0. The Morgan fingerprint density at radius 1 is 1.29 bits per heavy atom. The first-order valence-electron chi connectivity index (χ1n) is 7.93. The fourth-order valence-electron chi connectivity index (χ4n) is 2.76. The van der Waals surface area contributed by atoms with Crippen LogP contribution in [0.25, 0.3) is 27.8 Å². The van der Waals surface area contributed by atoms with E-state index in [1.165, 1.54) is 0 Å². The highest BCUT2D eigenvalue weighted by Gasteiger charge is 2.12. The summed E-state index contributed by atoms with van der Waals surface area (Å²) in [4.78, 5) is 8.96. The molecule has 0 radical (unpaired) electrons. The van der Waals surface area contributed by atoms with Gasteiger partial charge in [-0.3, -0.25) is 9.50 Å². The van der Waals surface area contributed by atoms with E-state index in [-0.39, 0.29) is 0 Å². The number of nitrogens with zero attached hydrogens (tertiary/aromatic N) is 4. The van der Waals surface area contributed by atoms with Crippen LogP contribution in [0.15, 0.2) is 36.8 Å². The van der Waals surface area contributed by atoms with E-state index in [0.29, 0.717) is 11.7 Å². The Morgan fingerprint density at radius 3 is 3.00 bits per heavy atom. The number of aromatic amines is 1. The van der Waals surface area contributed by atoms with Crippen LogP contribution < -0.4 is 11.1 Å². The van der Waals surface area contributed by atoms with Crippen LogP contribution in [0.2, 0.25) is 0 Å². The van der Waals surface area contributed by atoms with Gasteiger partial charge in [-0.2, -0.15) is 5.10 Å². The highest BCUT2D eigenvalue weighted by Crippen LogP contribution is 2.27. The van der Waals surface area contributed by atoms with Gasteiger partial charge in [-0.15, -0.1) is 0 Å². The number of H-pyrrole nitrogens is 1. The van der Waals surface area contributed by atoms with Crippen molar-refractivity contribution in [2.24, 2.45) is 5.92 Å².